The van der Waals surface area contributed by atoms with Gasteiger partial charge in [-0.15, -0.1) is 0 Å². The summed E-state index contributed by atoms with van der Waals surface area (Å²) in [5, 5.41) is 8.80. The van der Waals surface area contributed by atoms with E-state index in [1.807, 2.05) is 0 Å². The van der Waals surface area contributed by atoms with Gasteiger partial charge in [0.15, 0.2) is 0 Å². The Bertz CT molecular complexity index is 308. The SMILES string of the molecule is O=C1SC(c2cn[nH]n2)C1=O. The Balaban J connectivity index is 2.22. The second-order valence-corrected chi connectivity index (χ2v) is 3.12. The van der Waals surface area contributed by atoms with Crippen LogP contribution in [-0.4, -0.2) is 26.3 Å². The van der Waals surface area contributed by atoms with Gasteiger partial charge in [-0.05, 0) is 0 Å². The highest BCUT2D eigenvalue weighted by molar-refractivity contribution is 8.19. The van der Waals surface area contributed by atoms with Crippen LogP contribution >= 0.6 is 11.8 Å². The van der Waals surface area contributed by atoms with Crippen LogP contribution < -0.4 is 0 Å². The minimum absolute atomic E-state index is 0.385. The van der Waals surface area contributed by atoms with Crippen molar-refractivity contribution in [1.82, 2.24) is 15.4 Å². The first-order valence-corrected chi connectivity index (χ1v) is 3.77. The third kappa shape index (κ3) is 0.864. The summed E-state index contributed by atoms with van der Waals surface area (Å²) >= 11 is 0.983. The van der Waals surface area contributed by atoms with Crippen molar-refractivity contribution in [2.45, 2.75) is 5.25 Å². The monoisotopic (exact) mass is 169 g/mol. The van der Waals surface area contributed by atoms with Crippen LogP contribution in [0.3, 0.4) is 0 Å². The van der Waals surface area contributed by atoms with Crippen LogP contribution in [0.15, 0.2) is 6.20 Å². The van der Waals surface area contributed by atoms with Crippen molar-refractivity contribution in [1.29, 1.82) is 0 Å². The number of aromatic amines is 1. The molecule has 11 heavy (non-hydrogen) atoms. The number of aromatic nitrogens is 3. The molecule has 1 aromatic rings. The van der Waals surface area contributed by atoms with Crippen LogP contribution in [0.1, 0.15) is 10.9 Å². The summed E-state index contributed by atoms with van der Waals surface area (Å²) in [6, 6.07) is 0. The number of nitrogens with one attached hydrogen (secondary N) is 1. The first-order chi connectivity index (χ1) is 5.29. The van der Waals surface area contributed by atoms with E-state index in [0.29, 0.717) is 5.69 Å². The molecule has 0 saturated carbocycles. The molecule has 1 aromatic heterocycles. The van der Waals surface area contributed by atoms with Crippen LogP contribution in [-0.2, 0) is 9.59 Å². The smallest absolute Gasteiger partial charge is 0.257 e. The van der Waals surface area contributed by atoms with E-state index in [-0.39, 0.29) is 5.78 Å². The van der Waals surface area contributed by atoms with Gasteiger partial charge < -0.3 is 0 Å². The summed E-state index contributed by atoms with van der Waals surface area (Å²) < 4.78 is 0. The van der Waals surface area contributed by atoms with Crippen LogP contribution in [0.5, 0.6) is 0 Å². The summed E-state index contributed by atoms with van der Waals surface area (Å²) in [6.45, 7) is 0. The second-order valence-electron chi connectivity index (χ2n) is 2.04. The first-order valence-electron chi connectivity index (χ1n) is 2.89. The summed E-state index contributed by atoms with van der Waals surface area (Å²) in [6.07, 6.45) is 1.45. The Morgan fingerprint density at radius 3 is 2.82 bits per heavy atom. The third-order valence-electron chi connectivity index (χ3n) is 1.37. The number of carbonyl (C=O) groups excluding carboxylic acids is 2. The Labute approximate surface area is 65.6 Å². The van der Waals surface area contributed by atoms with Crippen LogP contribution in [0, 0.1) is 0 Å². The topological polar surface area (TPSA) is 75.7 Å². The quantitative estimate of drug-likeness (QED) is 0.583. The summed E-state index contributed by atoms with van der Waals surface area (Å²) in [5.74, 6) is -0.385. The van der Waals surface area contributed by atoms with E-state index in [2.05, 4.69) is 15.4 Å². The van der Waals surface area contributed by atoms with E-state index in [4.69, 9.17) is 0 Å². The highest BCUT2D eigenvalue weighted by atomic mass is 32.2. The molecule has 0 aromatic carbocycles. The molecule has 0 bridgehead atoms. The highest BCUT2D eigenvalue weighted by Crippen LogP contribution is 2.38. The number of ketones is 1. The van der Waals surface area contributed by atoms with Crippen molar-refractivity contribution in [3.63, 3.8) is 0 Å². The first kappa shape index (κ1) is 6.53. The van der Waals surface area contributed by atoms with Gasteiger partial charge in [0.25, 0.3) is 5.12 Å². The zero-order valence-electron chi connectivity index (χ0n) is 5.27. The number of carbonyl (C=O) groups is 2. The molecule has 2 heterocycles. The minimum Gasteiger partial charge on any atom is -0.288 e. The molecule has 0 spiro atoms. The number of thioether (sulfide) groups is 1. The lowest BCUT2D eigenvalue weighted by Gasteiger charge is -2.17. The van der Waals surface area contributed by atoms with E-state index < -0.39 is 10.4 Å². The van der Waals surface area contributed by atoms with Crippen molar-refractivity contribution < 1.29 is 9.59 Å². The highest BCUT2D eigenvalue weighted by Gasteiger charge is 2.41. The number of rotatable bonds is 1. The molecule has 1 atom stereocenters. The fourth-order valence-corrected chi connectivity index (χ4v) is 1.51. The fraction of sp³-hybridized carbons (Fsp3) is 0.200. The molecule has 0 radical (unpaired) electrons. The molecule has 1 aliphatic heterocycles. The maximum Gasteiger partial charge on any atom is 0.257 e. The Morgan fingerprint density at radius 1 is 1.55 bits per heavy atom. The number of H-pyrrole nitrogens is 1. The predicted octanol–water partition coefficient (Wildman–Crippen LogP) is -0.312. The van der Waals surface area contributed by atoms with E-state index in [1.165, 1.54) is 6.20 Å². The van der Waals surface area contributed by atoms with Gasteiger partial charge >= 0.3 is 0 Å². The van der Waals surface area contributed by atoms with Crippen molar-refractivity contribution >= 4 is 22.7 Å². The number of nitrogens with zero attached hydrogens (tertiary/aromatic N) is 2. The minimum atomic E-state index is -0.416. The van der Waals surface area contributed by atoms with E-state index in [9.17, 15) is 9.59 Å². The van der Waals surface area contributed by atoms with Crippen LogP contribution in [0.2, 0.25) is 0 Å². The van der Waals surface area contributed by atoms with Crippen molar-refractivity contribution in [2.24, 2.45) is 0 Å². The molecular formula is C5H3N3O2S. The van der Waals surface area contributed by atoms with Crippen molar-refractivity contribution in [2.75, 3.05) is 0 Å². The summed E-state index contributed by atoms with van der Waals surface area (Å²) in [7, 11) is 0. The molecule has 1 unspecified atom stereocenters. The number of hydrogen-bond acceptors (Lipinski definition) is 5. The zero-order valence-corrected chi connectivity index (χ0v) is 6.09. The average molecular weight is 169 g/mol. The molecule has 1 N–H and O–H groups in total. The lowest BCUT2D eigenvalue weighted by atomic mass is 10.2. The maximum absolute atomic E-state index is 10.8. The van der Waals surface area contributed by atoms with Crippen LogP contribution in [0.4, 0.5) is 0 Å². The maximum atomic E-state index is 10.8. The lowest BCUT2D eigenvalue weighted by Crippen LogP contribution is -2.29. The Kier molecular flexibility index (Phi) is 1.28. The van der Waals surface area contributed by atoms with E-state index in [0.717, 1.165) is 11.8 Å². The molecule has 0 amide bonds. The molecule has 0 aliphatic carbocycles. The molecule has 1 aliphatic rings. The van der Waals surface area contributed by atoms with Crippen LogP contribution in [0.25, 0.3) is 0 Å². The van der Waals surface area contributed by atoms with E-state index in [1.54, 1.807) is 0 Å². The number of hydrogen-bond donors (Lipinski definition) is 1. The molecule has 2 rings (SSSR count). The predicted molar refractivity (Wildman–Crippen MR) is 36.7 cm³/mol. The van der Waals surface area contributed by atoms with Gasteiger partial charge in [0.2, 0.25) is 5.78 Å². The van der Waals surface area contributed by atoms with Crippen molar-refractivity contribution in [3.05, 3.63) is 11.9 Å². The number of Topliss-reactive ketones (excluding diaryl/α,β-unsaturated/α-hetero) is 1. The van der Waals surface area contributed by atoms with Gasteiger partial charge in [0.05, 0.1) is 6.20 Å². The van der Waals surface area contributed by atoms with E-state index >= 15 is 0 Å². The Morgan fingerprint density at radius 2 is 2.36 bits per heavy atom. The molecule has 5 nitrogen and oxygen atoms in total. The largest absolute Gasteiger partial charge is 0.288 e. The van der Waals surface area contributed by atoms with Gasteiger partial charge in [-0.2, -0.15) is 15.4 Å². The lowest BCUT2D eigenvalue weighted by molar-refractivity contribution is -0.133. The van der Waals surface area contributed by atoms with Gasteiger partial charge in [0.1, 0.15) is 10.9 Å². The molecule has 6 heteroatoms. The standard InChI is InChI=1S/C5H3N3O2S/c9-3-4(11-5(3)10)2-1-6-8-7-2/h1,4H,(H,6,7,8). The normalized spacial score (nSPS) is 23.5. The van der Waals surface area contributed by atoms with Gasteiger partial charge in [0, 0.05) is 0 Å². The second kappa shape index (κ2) is 2.16. The third-order valence-corrected chi connectivity index (χ3v) is 2.47. The fourth-order valence-electron chi connectivity index (χ4n) is 0.799. The summed E-state index contributed by atoms with van der Waals surface area (Å²) in [5.41, 5.74) is 0.527. The molecule has 1 fully saturated rings. The molecular weight excluding hydrogens is 166 g/mol. The van der Waals surface area contributed by atoms with Gasteiger partial charge in [-0.1, -0.05) is 11.8 Å². The van der Waals surface area contributed by atoms with Gasteiger partial charge in [-0.25, -0.2) is 0 Å². The summed E-state index contributed by atoms with van der Waals surface area (Å²) in [4.78, 5) is 21.3. The molecule has 56 valence electrons. The zero-order chi connectivity index (χ0) is 7.84. The average Bonchev–Trinajstić information content (AvgIpc) is 2.51. The Hall–Kier alpha value is -1.17. The van der Waals surface area contributed by atoms with Crippen molar-refractivity contribution in [3.8, 4) is 0 Å². The molecule has 1 saturated heterocycles. The van der Waals surface area contributed by atoms with Gasteiger partial charge in [-0.3, -0.25) is 9.59 Å².